The molecule has 2 saturated heterocycles. The maximum atomic E-state index is 13.3. The summed E-state index contributed by atoms with van der Waals surface area (Å²) in [6.45, 7) is 4.03. The lowest BCUT2D eigenvalue weighted by atomic mass is 9.77. The average Bonchev–Trinajstić information content (AvgIpc) is 3.08. The molecule has 6 nitrogen and oxygen atoms in total. The smallest absolute Gasteiger partial charge is 0.236 e. The van der Waals surface area contributed by atoms with Crippen molar-refractivity contribution in [3.8, 4) is 0 Å². The molecule has 1 atom stereocenters. The van der Waals surface area contributed by atoms with Gasteiger partial charge in [-0.25, -0.2) is 0 Å². The van der Waals surface area contributed by atoms with Crippen molar-refractivity contribution in [1.82, 2.24) is 14.7 Å². The fourth-order valence-corrected chi connectivity index (χ4v) is 4.96. The Hall–Kier alpha value is -1.14. The molecule has 1 saturated carbocycles. The lowest BCUT2D eigenvalue weighted by Gasteiger charge is -2.44. The molecule has 26 heavy (non-hydrogen) atoms. The lowest BCUT2D eigenvalue weighted by Crippen LogP contribution is -2.54. The van der Waals surface area contributed by atoms with Gasteiger partial charge in [-0.3, -0.25) is 14.5 Å². The van der Waals surface area contributed by atoms with E-state index in [0.29, 0.717) is 31.6 Å². The van der Waals surface area contributed by atoms with Gasteiger partial charge in [-0.05, 0) is 39.2 Å². The zero-order valence-corrected chi connectivity index (χ0v) is 16.5. The molecular formula is C20H35N3O3. The first-order valence-electron chi connectivity index (χ1n) is 10.3. The number of ether oxygens (including phenoxy) is 1. The van der Waals surface area contributed by atoms with Crippen LogP contribution in [0.5, 0.6) is 0 Å². The highest BCUT2D eigenvalue weighted by Crippen LogP contribution is 2.42. The second-order valence-electron chi connectivity index (χ2n) is 8.47. The molecule has 0 aromatic rings. The van der Waals surface area contributed by atoms with E-state index >= 15 is 0 Å². The number of hydrogen-bond donors (Lipinski definition) is 0. The quantitative estimate of drug-likeness (QED) is 0.719. The molecule has 2 heterocycles. The van der Waals surface area contributed by atoms with E-state index in [-0.39, 0.29) is 11.3 Å². The second-order valence-corrected chi connectivity index (χ2v) is 8.47. The first-order valence-corrected chi connectivity index (χ1v) is 10.3. The fourth-order valence-electron chi connectivity index (χ4n) is 4.96. The molecule has 1 aliphatic carbocycles. The summed E-state index contributed by atoms with van der Waals surface area (Å²) in [6, 6.07) is 0.443. The molecule has 0 aromatic carbocycles. The highest BCUT2D eigenvalue weighted by molar-refractivity contribution is 5.86. The van der Waals surface area contributed by atoms with Gasteiger partial charge in [-0.2, -0.15) is 0 Å². The van der Waals surface area contributed by atoms with E-state index < -0.39 is 0 Å². The Morgan fingerprint density at radius 3 is 2.69 bits per heavy atom. The predicted octanol–water partition coefficient (Wildman–Crippen LogP) is 1.74. The van der Waals surface area contributed by atoms with Gasteiger partial charge in [0.1, 0.15) is 0 Å². The Bertz CT molecular complexity index is 507. The van der Waals surface area contributed by atoms with Crippen LogP contribution >= 0.6 is 0 Å². The normalized spacial score (nSPS) is 27.7. The van der Waals surface area contributed by atoms with Crippen molar-refractivity contribution in [1.29, 1.82) is 0 Å². The monoisotopic (exact) mass is 365 g/mol. The Morgan fingerprint density at radius 1 is 1.19 bits per heavy atom. The van der Waals surface area contributed by atoms with E-state index in [0.717, 1.165) is 51.7 Å². The molecule has 3 aliphatic rings. The van der Waals surface area contributed by atoms with Crippen LogP contribution in [-0.4, -0.2) is 86.0 Å². The third kappa shape index (κ3) is 4.22. The van der Waals surface area contributed by atoms with Crippen LogP contribution in [0, 0.1) is 5.41 Å². The molecule has 148 valence electrons. The van der Waals surface area contributed by atoms with Crippen LogP contribution in [-0.2, 0) is 14.3 Å². The van der Waals surface area contributed by atoms with Crippen LogP contribution in [0.4, 0.5) is 0 Å². The topological polar surface area (TPSA) is 53.1 Å². The average molecular weight is 366 g/mol. The highest BCUT2D eigenvalue weighted by Gasteiger charge is 2.50. The fraction of sp³-hybridized carbons (Fsp3) is 0.900. The van der Waals surface area contributed by atoms with Crippen molar-refractivity contribution < 1.29 is 14.3 Å². The van der Waals surface area contributed by atoms with E-state index in [1.165, 1.54) is 19.3 Å². The van der Waals surface area contributed by atoms with Crippen molar-refractivity contribution >= 4 is 11.8 Å². The van der Waals surface area contributed by atoms with Crippen molar-refractivity contribution in [2.45, 2.75) is 57.4 Å². The first kappa shape index (κ1) is 19.6. The zero-order valence-electron chi connectivity index (χ0n) is 16.5. The van der Waals surface area contributed by atoms with Gasteiger partial charge in [-0.15, -0.1) is 0 Å². The maximum absolute atomic E-state index is 13.3. The summed E-state index contributed by atoms with van der Waals surface area (Å²) in [4.78, 5) is 32.1. The highest BCUT2D eigenvalue weighted by atomic mass is 16.5. The summed E-state index contributed by atoms with van der Waals surface area (Å²) < 4.78 is 5.08. The summed E-state index contributed by atoms with van der Waals surface area (Å²) in [7, 11) is 3.62. The maximum Gasteiger partial charge on any atom is 0.236 e. The minimum absolute atomic E-state index is 0.142. The van der Waals surface area contributed by atoms with Crippen molar-refractivity contribution in [2.24, 2.45) is 5.41 Å². The number of carbonyl (C=O) groups excluding carboxylic acids is 2. The Labute approximate surface area is 157 Å². The number of likely N-dealkylation sites (N-methyl/N-ethyl adjacent to an activating group) is 1. The van der Waals surface area contributed by atoms with Crippen LogP contribution in [0.1, 0.15) is 51.4 Å². The van der Waals surface area contributed by atoms with Gasteiger partial charge < -0.3 is 14.5 Å². The number of amides is 2. The SMILES string of the molecule is COCCN(C)CC(=O)N1CC[C@]2(CCCN(C3CCCCC3)C2=O)C1. The molecule has 0 N–H and O–H groups in total. The minimum Gasteiger partial charge on any atom is -0.383 e. The van der Waals surface area contributed by atoms with Gasteiger partial charge in [0, 0.05) is 39.3 Å². The predicted molar refractivity (Wildman–Crippen MR) is 101 cm³/mol. The Morgan fingerprint density at radius 2 is 1.96 bits per heavy atom. The number of rotatable bonds is 6. The summed E-state index contributed by atoms with van der Waals surface area (Å²) in [5.41, 5.74) is -0.309. The van der Waals surface area contributed by atoms with Gasteiger partial charge in [0.2, 0.25) is 11.8 Å². The molecule has 0 bridgehead atoms. The van der Waals surface area contributed by atoms with Crippen LogP contribution in [0.15, 0.2) is 0 Å². The molecule has 2 aliphatic heterocycles. The van der Waals surface area contributed by atoms with E-state index in [4.69, 9.17) is 4.74 Å². The van der Waals surface area contributed by atoms with Crippen molar-refractivity contribution in [2.75, 3.05) is 53.5 Å². The largest absolute Gasteiger partial charge is 0.383 e. The van der Waals surface area contributed by atoms with E-state index in [9.17, 15) is 9.59 Å². The summed E-state index contributed by atoms with van der Waals surface area (Å²) >= 11 is 0. The zero-order chi connectivity index (χ0) is 18.6. The van der Waals surface area contributed by atoms with E-state index in [2.05, 4.69) is 4.90 Å². The molecule has 0 aromatic heterocycles. The molecule has 6 heteroatoms. The number of methoxy groups -OCH3 is 1. The summed E-state index contributed by atoms with van der Waals surface area (Å²) in [6.07, 6.45) is 8.99. The lowest BCUT2D eigenvalue weighted by molar-refractivity contribution is -0.149. The van der Waals surface area contributed by atoms with Crippen molar-refractivity contribution in [3.63, 3.8) is 0 Å². The van der Waals surface area contributed by atoms with Gasteiger partial charge in [0.15, 0.2) is 0 Å². The van der Waals surface area contributed by atoms with Crippen molar-refractivity contribution in [3.05, 3.63) is 0 Å². The summed E-state index contributed by atoms with van der Waals surface area (Å²) in [5.74, 6) is 0.474. The number of hydrogen-bond acceptors (Lipinski definition) is 4. The van der Waals surface area contributed by atoms with Crippen LogP contribution in [0.2, 0.25) is 0 Å². The van der Waals surface area contributed by atoms with Crippen LogP contribution < -0.4 is 0 Å². The van der Waals surface area contributed by atoms with Gasteiger partial charge in [0.05, 0.1) is 18.6 Å². The number of carbonyl (C=O) groups is 2. The molecule has 0 unspecified atom stereocenters. The minimum atomic E-state index is -0.309. The Kier molecular flexibility index (Phi) is 6.56. The molecular weight excluding hydrogens is 330 g/mol. The second kappa shape index (κ2) is 8.70. The molecule has 2 amide bonds. The van der Waals surface area contributed by atoms with Gasteiger partial charge in [-0.1, -0.05) is 19.3 Å². The molecule has 0 radical (unpaired) electrons. The Balaban J connectivity index is 1.58. The number of piperidine rings is 1. The number of nitrogens with zero attached hydrogens (tertiary/aromatic N) is 3. The van der Waals surface area contributed by atoms with E-state index in [1.54, 1.807) is 7.11 Å². The van der Waals surface area contributed by atoms with Gasteiger partial charge >= 0.3 is 0 Å². The molecule has 1 spiro atoms. The van der Waals surface area contributed by atoms with Crippen LogP contribution in [0.25, 0.3) is 0 Å². The standard InChI is InChI=1S/C20H35N3O3/c1-21(13-14-26-2)15-18(24)22-12-10-20(16-22)9-6-11-23(19(20)25)17-7-4-3-5-8-17/h17H,3-16H2,1-2H3/t20-/m1/s1. The first-order chi connectivity index (χ1) is 12.6. The van der Waals surface area contributed by atoms with Crippen LogP contribution in [0.3, 0.4) is 0 Å². The van der Waals surface area contributed by atoms with E-state index in [1.807, 2.05) is 16.8 Å². The molecule has 3 rings (SSSR count). The van der Waals surface area contributed by atoms with Gasteiger partial charge in [0.25, 0.3) is 0 Å². The third-order valence-corrected chi connectivity index (χ3v) is 6.57. The third-order valence-electron chi connectivity index (χ3n) is 6.57. The summed E-state index contributed by atoms with van der Waals surface area (Å²) in [5, 5.41) is 0. The molecule has 3 fully saturated rings. The number of likely N-dealkylation sites (tertiary alicyclic amines) is 2.